The zero-order valence-corrected chi connectivity index (χ0v) is 10.2. The summed E-state index contributed by atoms with van der Waals surface area (Å²) in [6.07, 6.45) is 0.332. The highest BCUT2D eigenvalue weighted by Crippen LogP contribution is 2.11. The van der Waals surface area contributed by atoms with Gasteiger partial charge in [-0.1, -0.05) is 35.9 Å². The fraction of sp³-hybridized carbons (Fsp3) is 0.125. The van der Waals surface area contributed by atoms with E-state index in [0.717, 1.165) is 16.7 Å². The molecule has 0 unspecified atom stereocenters. The lowest BCUT2D eigenvalue weighted by molar-refractivity contribution is 0.0993. The van der Waals surface area contributed by atoms with Crippen molar-refractivity contribution in [1.29, 1.82) is 5.26 Å². The highest BCUT2D eigenvalue weighted by Gasteiger charge is 2.07. The molecule has 0 saturated carbocycles. The van der Waals surface area contributed by atoms with Crippen LogP contribution in [0.25, 0.3) is 0 Å². The van der Waals surface area contributed by atoms with Crippen LogP contribution in [0.2, 0.25) is 0 Å². The first-order chi connectivity index (χ1) is 8.69. The molecule has 2 rings (SSSR count). The van der Waals surface area contributed by atoms with Crippen LogP contribution in [0.15, 0.2) is 48.5 Å². The van der Waals surface area contributed by atoms with Crippen LogP contribution in [0, 0.1) is 18.3 Å². The van der Waals surface area contributed by atoms with E-state index in [0.29, 0.717) is 12.0 Å². The molecule has 2 heteroatoms. The van der Waals surface area contributed by atoms with Crippen LogP contribution >= 0.6 is 0 Å². The van der Waals surface area contributed by atoms with Crippen LogP contribution in [0.5, 0.6) is 0 Å². The summed E-state index contributed by atoms with van der Waals surface area (Å²) in [6.45, 7) is 1.97. The molecule has 0 aliphatic heterocycles. The number of hydrogen-bond acceptors (Lipinski definition) is 2. The largest absolute Gasteiger partial charge is 0.294 e. The van der Waals surface area contributed by atoms with Crippen LogP contribution in [0.3, 0.4) is 0 Å². The van der Waals surface area contributed by atoms with Crippen LogP contribution in [-0.2, 0) is 6.42 Å². The lowest BCUT2D eigenvalue weighted by Crippen LogP contribution is -2.03. The van der Waals surface area contributed by atoms with Gasteiger partial charge in [0.05, 0.1) is 11.6 Å². The molecule has 0 fully saturated rings. The fourth-order valence-electron chi connectivity index (χ4n) is 1.86. The topological polar surface area (TPSA) is 40.9 Å². The van der Waals surface area contributed by atoms with Gasteiger partial charge >= 0.3 is 0 Å². The number of aryl methyl sites for hydroxylation is 1. The van der Waals surface area contributed by atoms with Crippen LogP contribution in [-0.4, -0.2) is 5.78 Å². The van der Waals surface area contributed by atoms with Crippen molar-refractivity contribution in [3.63, 3.8) is 0 Å². The van der Waals surface area contributed by atoms with E-state index in [9.17, 15) is 4.79 Å². The van der Waals surface area contributed by atoms with Gasteiger partial charge in [-0.25, -0.2) is 0 Å². The molecule has 0 atom stereocenters. The zero-order valence-electron chi connectivity index (χ0n) is 10.2. The molecule has 0 bridgehead atoms. The standard InChI is InChI=1S/C16H13NO/c1-12-4-2-7-15(8-12)16(18)10-13-5-3-6-14(9-13)11-17/h2-9H,10H2,1H3. The van der Waals surface area contributed by atoms with Crippen molar-refractivity contribution in [2.45, 2.75) is 13.3 Å². The summed E-state index contributed by atoms with van der Waals surface area (Å²) in [4.78, 5) is 12.1. The van der Waals surface area contributed by atoms with Gasteiger partial charge in [0.15, 0.2) is 5.78 Å². The van der Waals surface area contributed by atoms with Gasteiger partial charge in [0.25, 0.3) is 0 Å². The molecule has 0 aliphatic rings. The second kappa shape index (κ2) is 5.29. The molecule has 0 heterocycles. The quantitative estimate of drug-likeness (QED) is 0.766. The van der Waals surface area contributed by atoms with Gasteiger partial charge in [0.2, 0.25) is 0 Å². The first kappa shape index (κ1) is 12.1. The monoisotopic (exact) mass is 235 g/mol. The number of carbonyl (C=O) groups excluding carboxylic acids is 1. The number of ketones is 1. The molecule has 0 N–H and O–H groups in total. The Morgan fingerprint density at radius 1 is 1.17 bits per heavy atom. The first-order valence-corrected chi connectivity index (χ1v) is 5.78. The summed E-state index contributed by atoms with van der Waals surface area (Å²) in [5, 5.41) is 8.81. The van der Waals surface area contributed by atoms with Crippen molar-refractivity contribution < 1.29 is 4.79 Å². The smallest absolute Gasteiger partial charge is 0.167 e. The molecule has 0 saturated heterocycles. The third-order valence-corrected chi connectivity index (χ3v) is 2.76. The number of nitriles is 1. The van der Waals surface area contributed by atoms with E-state index in [1.165, 1.54) is 0 Å². The molecule has 2 aromatic carbocycles. The third kappa shape index (κ3) is 2.83. The molecular formula is C16H13NO. The molecule has 0 aliphatic carbocycles. The third-order valence-electron chi connectivity index (χ3n) is 2.76. The minimum Gasteiger partial charge on any atom is -0.294 e. The van der Waals surface area contributed by atoms with E-state index in [-0.39, 0.29) is 5.78 Å². The van der Waals surface area contributed by atoms with Crippen molar-refractivity contribution in [3.8, 4) is 6.07 Å². The second-order valence-electron chi connectivity index (χ2n) is 4.28. The SMILES string of the molecule is Cc1cccc(C(=O)Cc2cccc(C#N)c2)c1. The number of hydrogen-bond donors (Lipinski definition) is 0. The lowest BCUT2D eigenvalue weighted by atomic mass is 10.0. The summed E-state index contributed by atoms with van der Waals surface area (Å²) in [7, 11) is 0. The second-order valence-corrected chi connectivity index (χ2v) is 4.28. The van der Waals surface area contributed by atoms with Gasteiger partial charge in [-0.2, -0.15) is 5.26 Å². The summed E-state index contributed by atoms with van der Waals surface area (Å²) in [6, 6.07) is 16.8. The number of carbonyl (C=O) groups is 1. The van der Waals surface area contributed by atoms with Gasteiger partial charge in [0.1, 0.15) is 0 Å². The van der Waals surface area contributed by atoms with E-state index in [1.54, 1.807) is 18.2 Å². The molecule has 0 amide bonds. The highest BCUT2D eigenvalue weighted by atomic mass is 16.1. The number of rotatable bonds is 3. The van der Waals surface area contributed by atoms with Gasteiger partial charge in [-0.05, 0) is 30.7 Å². The Bertz CT molecular complexity index is 623. The van der Waals surface area contributed by atoms with E-state index in [2.05, 4.69) is 6.07 Å². The number of benzene rings is 2. The number of Topliss-reactive ketones (excluding diaryl/α,β-unsaturated/α-hetero) is 1. The summed E-state index contributed by atoms with van der Waals surface area (Å²) < 4.78 is 0. The fourth-order valence-corrected chi connectivity index (χ4v) is 1.86. The van der Waals surface area contributed by atoms with E-state index >= 15 is 0 Å². The van der Waals surface area contributed by atoms with Crippen molar-refractivity contribution in [1.82, 2.24) is 0 Å². The molecule has 2 aromatic rings. The van der Waals surface area contributed by atoms with Crippen molar-refractivity contribution in [3.05, 3.63) is 70.8 Å². The minimum absolute atomic E-state index is 0.0776. The Morgan fingerprint density at radius 3 is 2.67 bits per heavy atom. The molecule has 0 spiro atoms. The van der Waals surface area contributed by atoms with Gasteiger partial charge in [0, 0.05) is 12.0 Å². The Morgan fingerprint density at radius 2 is 1.94 bits per heavy atom. The van der Waals surface area contributed by atoms with Crippen molar-refractivity contribution in [2.75, 3.05) is 0 Å². The predicted octanol–water partition coefficient (Wildman–Crippen LogP) is 3.29. The van der Waals surface area contributed by atoms with Crippen LogP contribution < -0.4 is 0 Å². The number of nitrogens with zero attached hydrogens (tertiary/aromatic N) is 1. The van der Waals surface area contributed by atoms with Gasteiger partial charge < -0.3 is 0 Å². The molecule has 18 heavy (non-hydrogen) atoms. The minimum atomic E-state index is 0.0776. The Kier molecular flexibility index (Phi) is 3.54. The maximum absolute atomic E-state index is 12.1. The lowest BCUT2D eigenvalue weighted by Gasteiger charge is -2.03. The Hall–Kier alpha value is -2.40. The van der Waals surface area contributed by atoms with E-state index < -0.39 is 0 Å². The van der Waals surface area contributed by atoms with Crippen molar-refractivity contribution >= 4 is 5.78 Å². The summed E-state index contributed by atoms with van der Waals surface area (Å²) in [5.74, 6) is 0.0776. The van der Waals surface area contributed by atoms with E-state index in [4.69, 9.17) is 5.26 Å². The molecule has 88 valence electrons. The molecule has 0 radical (unpaired) electrons. The molecular weight excluding hydrogens is 222 g/mol. The van der Waals surface area contributed by atoms with Crippen LogP contribution in [0.1, 0.15) is 27.0 Å². The summed E-state index contributed by atoms with van der Waals surface area (Å²) in [5.41, 5.74) is 3.26. The van der Waals surface area contributed by atoms with Gasteiger partial charge in [-0.3, -0.25) is 4.79 Å². The maximum atomic E-state index is 12.1. The first-order valence-electron chi connectivity index (χ1n) is 5.78. The molecule has 0 aromatic heterocycles. The predicted molar refractivity (Wildman–Crippen MR) is 70.4 cm³/mol. The normalized spacial score (nSPS) is 9.78. The Balaban J connectivity index is 2.19. The Labute approximate surface area is 107 Å². The average Bonchev–Trinajstić information content (AvgIpc) is 2.39. The highest BCUT2D eigenvalue weighted by molar-refractivity contribution is 5.97. The average molecular weight is 235 g/mol. The van der Waals surface area contributed by atoms with E-state index in [1.807, 2.05) is 37.3 Å². The van der Waals surface area contributed by atoms with Crippen molar-refractivity contribution in [2.24, 2.45) is 0 Å². The maximum Gasteiger partial charge on any atom is 0.167 e. The molecule has 2 nitrogen and oxygen atoms in total. The van der Waals surface area contributed by atoms with Crippen LogP contribution in [0.4, 0.5) is 0 Å². The van der Waals surface area contributed by atoms with Gasteiger partial charge in [-0.15, -0.1) is 0 Å². The summed E-state index contributed by atoms with van der Waals surface area (Å²) >= 11 is 0. The zero-order chi connectivity index (χ0) is 13.0.